The number of hydrogen-bond donors (Lipinski definition) is 0. The molecular formula is C28H37N7O2Sn. The van der Waals surface area contributed by atoms with Gasteiger partial charge in [0.05, 0.1) is 0 Å². The average molecular weight is 622 g/mol. The Bertz CT molecular complexity index is 1400. The Morgan fingerprint density at radius 3 is 2.34 bits per heavy atom. The Labute approximate surface area is 229 Å². The van der Waals surface area contributed by atoms with E-state index in [4.69, 9.17) is 9.84 Å². The van der Waals surface area contributed by atoms with Crippen molar-refractivity contribution in [2.24, 2.45) is 7.05 Å². The van der Waals surface area contributed by atoms with Crippen LogP contribution in [0.2, 0.25) is 14.8 Å². The molecule has 0 aliphatic rings. The molecule has 0 unspecified atom stereocenters. The predicted molar refractivity (Wildman–Crippen MR) is 152 cm³/mol. The molecule has 0 fully saturated rings. The molecule has 0 spiro atoms. The van der Waals surface area contributed by atoms with Crippen molar-refractivity contribution in [3.8, 4) is 28.4 Å². The molecule has 2 heterocycles. The van der Waals surface area contributed by atoms with Crippen LogP contribution in [-0.4, -0.2) is 71.9 Å². The fourth-order valence-corrected chi connectivity index (χ4v) is 7.54. The molecule has 0 bridgehead atoms. The minimum absolute atomic E-state index is 0.412. The molecule has 0 aliphatic heterocycles. The van der Waals surface area contributed by atoms with Gasteiger partial charge in [-0.15, -0.1) is 0 Å². The van der Waals surface area contributed by atoms with Crippen molar-refractivity contribution < 1.29 is 9.53 Å². The van der Waals surface area contributed by atoms with E-state index in [0.717, 1.165) is 58.6 Å². The first-order valence-corrected chi connectivity index (χ1v) is 22.9. The summed E-state index contributed by atoms with van der Waals surface area (Å²) in [7, 11) is 5.18. The van der Waals surface area contributed by atoms with Crippen molar-refractivity contribution in [3.63, 3.8) is 0 Å². The first kappa shape index (κ1) is 27.8. The van der Waals surface area contributed by atoms with Gasteiger partial charge < -0.3 is 4.90 Å². The van der Waals surface area contributed by atoms with Crippen LogP contribution in [0.5, 0.6) is 5.88 Å². The number of ether oxygens (including phenoxy) is 1. The van der Waals surface area contributed by atoms with E-state index in [1.165, 1.54) is 4.90 Å². The molecule has 0 radical (unpaired) electrons. The molecule has 4 rings (SSSR count). The fraction of sp³-hybridized carbons (Fsp3) is 0.393. The van der Waals surface area contributed by atoms with Gasteiger partial charge in [0, 0.05) is 21.1 Å². The SMILES string of the molecule is CCCCc1nn(C)c(OC(=O)N(C)C)c1Cc1ccc(-c2ccccc2-c2nnn[n]2[Sn]([CH3])([CH3])[CH3])cc1. The maximum absolute atomic E-state index is 12.4. The van der Waals surface area contributed by atoms with Crippen LogP contribution < -0.4 is 4.74 Å². The number of carbonyl (C=O) groups excluding carboxylic acids is 1. The van der Waals surface area contributed by atoms with Gasteiger partial charge in [0.2, 0.25) is 0 Å². The van der Waals surface area contributed by atoms with E-state index in [1.807, 2.05) is 19.2 Å². The molecule has 0 atom stereocenters. The third-order valence-corrected chi connectivity index (χ3v) is 10.9. The van der Waals surface area contributed by atoms with Crippen molar-refractivity contribution in [1.82, 2.24) is 33.1 Å². The van der Waals surface area contributed by atoms with E-state index in [-0.39, 0.29) is 0 Å². The number of tetrazole rings is 1. The number of nitrogens with zero attached hydrogens (tertiary/aromatic N) is 7. The summed E-state index contributed by atoms with van der Waals surface area (Å²) >= 11 is -2.58. The standard InChI is InChI=1S/C25H28N7O2.3CH3.Sn/c1-5-6-11-22-21(24(32(4)28-22)34-25(33)31(2)3)16-17-12-14-18(15-13-17)19-9-7-8-10-20(19)23-26-29-30-27-23;;;;/h7-10,12-15H,5-6,11,16H2,1-4H3;3*1H3;/q-1;;;;+1. The quantitative estimate of drug-likeness (QED) is 0.232. The summed E-state index contributed by atoms with van der Waals surface area (Å²) in [6.07, 6.45) is 3.16. The van der Waals surface area contributed by atoms with Crippen LogP contribution in [0.15, 0.2) is 48.5 Å². The van der Waals surface area contributed by atoms with Gasteiger partial charge >= 0.3 is 179 Å². The summed E-state index contributed by atoms with van der Waals surface area (Å²) in [4.78, 5) is 20.7. The van der Waals surface area contributed by atoms with Gasteiger partial charge in [0.25, 0.3) is 0 Å². The number of amides is 1. The Kier molecular flexibility index (Phi) is 8.54. The van der Waals surface area contributed by atoms with Crippen LogP contribution in [0, 0.1) is 0 Å². The summed E-state index contributed by atoms with van der Waals surface area (Å²) in [5, 5.41) is 17.4. The molecule has 38 heavy (non-hydrogen) atoms. The number of benzene rings is 2. The van der Waals surface area contributed by atoms with Crippen LogP contribution in [0.3, 0.4) is 0 Å². The molecule has 0 N–H and O–H groups in total. The van der Waals surface area contributed by atoms with Gasteiger partial charge in [0.1, 0.15) is 0 Å². The van der Waals surface area contributed by atoms with Crippen molar-refractivity contribution in [2.45, 2.75) is 47.4 Å². The number of unbranched alkanes of at least 4 members (excludes halogenated alkanes) is 1. The van der Waals surface area contributed by atoms with E-state index in [0.29, 0.717) is 12.3 Å². The summed E-state index contributed by atoms with van der Waals surface area (Å²) in [5.41, 5.74) is 6.28. The molecule has 2 aromatic carbocycles. The van der Waals surface area contributed by atoms with Gasteiger partial charge in [-0.1, -0.05) is 13.3 Å². The summed E-state index contributed by atoms with van der Waals surface area (Å²) < 4.78 is 9.48. The van der Waals surface area contributed by atoms with Crippen LogP contribution in [0.4, 0.5) is 4.79 Å². The van der Waals surface area contributed by atoms with Crippen molar-refractivity contribution >= 4 is 24.7 Å². The zero-order valence-electron chi connectivity index (χ0n) is 23.4. The number of aryl methyl sites for hydroxylation is 2. The fourth-order valence-electron chi connectivity index (χ4n) is 4.37. The number of carbonyl (C=O) groups is 1. The molecule has 1 amide bonds. The van der Waals surface area contributed by atoms with Gasteiger partial charge in [-0.2, -0.15) is 0 Å². The molecule has 0 saturated heterocycles. The molecule has 2 aromatic heterocycles. The maximum atomic E-state index is 12.4. The van der Waals surface area contributed by atoms with Crippen LogP contribution in [-0.2, 0) is 19.9 Å². The third-order valence-electron chi connectivity index (χ3n) is 6.41. The van der Waals surface area contributed by atoms with Gasteiger partial charge in [0.15, 0.2) is 0 Å². The first-order valence-electron chi connectivity index (χ1n) is 13.0. The molecule has 10 heteroatoms. The Hall–Kier alpha value is -3.21. The van der Waals surface area contributed by atoms with E-state index in [1.54, 1.807) is 18.8 Å². The van der Waals surface area contributed by atoms with Crippen molar-refractivity contribution in [2.75, 3.05) is 14.1 Å². The molecular weight excluding hydrogens is 585 g/mol. The monoisotopic (exact) mass is 623 g/mol. The second-order valence-corrected chi connectivity index (χ2v) is 24.3. The average Bonchev–Trinajstić information content (AvgIpc) is 3.49. The summed E-state index contributed by atoms with van der Waals surface area (Å²) in [6, 6.07) is 16.8. The zero-order valence-corrected chi connectivity index (χ0v) is 26.2. The Balaban J connectivity index is 1.66. The van der Waals surface area contributed by atoms with Gasteiger partial charge in [-0.05, 0) is 6.42 Å². The first-order chi connectivity index (χ1) is 18.1. The summed E-state index contributed by atoms with van der Waals surface area (Å²) in [6.45, 7) is 2.16. The zero-order chi connectivity index (χ0) is 27.4. The van der Waals surface area contributed by atoms with Crippen LogP contribution >= 0.6 is 0 Å². The van der Waals surface area contributed by atoms with Gasteiger partial charge in [-0.3, -0.25) is 0 Å². The topological polar surface area (TPSA) is 91.0 Å². The Morgan fingerprint density at radius 2 is 1.71 bits per heavy atom. The van der Waals surface area contributed by atoms with Crippen LogP contribution in [0.1, 0.15) is 36.6 Å². The van der Waals surface area contributed by atoms with Crippen LogP contribution in [0.25, 0.3) is 22.5 Å². The second kappa shape index (κ2) is 11.7. The van der Waals surface area contributed by atoms with E-state index in [9.17, 15) is 4.79 Å². The molecule has 0 saturated carbocycles. The number of rotatable bonds is 9. The van der Waals surface area contributed by atoms with E-state index >= 15 is 0 Å². The molecule has 4 aromatic rings. The number of aromatic nitrogens is 6. The predicted octanol–water partition coefficient (Wildman–Crippen LogP) is 5.42. The van der Waals surface area contributed by atoms with E-state index < -0.39 is 24.7 Å². The Morgan fingerprint density at radius 1 is 1.03 bits per heavy atom. The second-order valence-electron chi connectivity index (χ2n) is 10.7. The van der Waals surface area contributed by atoms with Crippen molar-refractivity contribution in [3.05, 3.63) is 65.4 Å². The molecule has 200 valence electrons. The van der Waals surface area contributed by atoms with Gasteiger partial charge in [-0.25, -0.2) is 4.79 Å². The number of hydrogen-bond acceptors (Lipinski definition) is 6. The normalized spacial score (nSPS) is 11.6. The summed E-state index contributed by atoms with van der Waals surface area (Å²) in [5.74, 6) is 1.33. The minimum atomic E-state index is -2.58. The van der Waals surface area contributed by atoms with E-state index in [2.05, 4.69) is 76.6 Å². The third kappa shape index (κ3) is 6.09. The van der Waals surface area contributed by atoms with Crippen molar-refractivity contribution in [1.29, 1.82) is 0 Å². The molecule has 9 nitrogen and oxygen atoms in total. The molecule has 0 aliphatic carbocycles.